The number of halogens is 2. The number of hydrogen-bond acceptors (Lipinski definition) is 5. The Bertz CT molecular complexity index is 841. The van der Waals surface area contributed by atoms with Crippen molar-refractivity contribution in [3.05, 3.63) is 57.6 Å². The fourth-order valence-electron chi connectivity index (χ4n) is 2.29. The van der Waals surface area contributed by atoms with Crippen LogP contribution in [0.3, 0.4) is 0 Å². The van der Waals surface area contributed by atoms with Crippen molar-refractivity contribution in [2.24, 2.45) is 0 Å². The van der Waals surface area contributed by atoms with Gasteiger partial charge in [-0.2, -0.15) is 0 Å². The lowest BCUT2D eigenvalue weighted by Crippen LogP contribution is -2.35. The largest absolute Gasteiger partial charge is 0.493 e. The molecule has 2 aromatic carbocycles. The highest BCUT2D eigenvalue weighted by atomic mass is 35.5. The molecule has 2 rings (SSSR count). The second kappa shape index (κ2) is 9.48. The van der Waals surface area contributed by atoms with E-state index in [-0.39, 0.29) is 22.9 Å². The maximum Gasteiger partial charge on any atom is 0.339 e. The number of carbonyl (C=O) groups is 2. The molecule has 2 aromatic rings. The zero-order valence-electron chi connectivity index (χ0n) is 15.0. The standard InChI is InChI=1S/C19H19Cl2NO5/c1-11(18(23)22-10-12-6-4-5-7-14(12)20)27-19(24)13-8-15(21)17(26-3)16(9-13)25-2/h4-9,11H,10H2,1-3H3,(H,22,23)/t11-/m1/s1. The second-order valence-corrected chi connectivity index (χ2v) is 6.36. The molecule has 8 heteroatoms. The Morgan fingerprint density at radius 2 is 1.78 bits per heavy atom. The number of esters is 1. The summed E-state index contributed by atoms with van der Waals surface area (Å²) < 4.78 is 15.5. The number of nitrogens with one attached hydrogen (secondary N) is 1. The Hall–Kier alpha value is -2.44. The summed E-state index contributed by atoms with van der Waals surface area (Å²) in [6, 6.07) is 9.96. The first-order chi connectivity index (χ1) is 12.9. The topological polar surface area (TPSA) is 73.9 Å². The Morgan fingerprint density at radius 1 is 1.07 bits per heavy atom. The van der Waals surface area contributed by atoms with E-state index in [1.165, 1.54) is 33.3 Å². The summed E-state index contributed by atoms with van der Waals surface area (Å²) in [5.41, 5.74) is 0.904. The Balaban J connectivity index is 2.01. The number of hydrogen-bond donors (Lipinski definition) is 1. The van der Waals surface area contributed by atoms with Crippen LogP contribution in [-0.4, -0.2) is 32.2 Å². The van der Waals surface area contributed by atoms with Crippen molar-refractivity contribution in [2.75, 3.05) is 14.2 Å². The van der Waals surface area contributed by atoms with Gasteiger partial charge in [0.05, 0.1) is 24.8 Å². The predicted molar refractivity (Wildman–Crippen MR) is 103 cm³/mol. The summed E-state index contributed by atoms with van der Waals surface area (Å²) in [5.74, 6) is -0.567. The van der Waals surface area contributed by atoms with Gasteiger partial charge in [0.2, 0.25) is 0 Å². The lowest BCUT2D eigenvalue weighted by molar-refractivity contribution is -0.129. The molecule has 0 radical (unpaired) electrons. The Kier molecular flexibility index (Phi) is 7.33. The van der Waals surface area contributed by atoms with Gasteiger partial charge in [-0.3, -0.25) is 4.79 Å². The van der Waals surface area contributed by atoms with Crippen molar-refractivity contribution in [2.45, 2.75) is 19.6 Å². The first kappa shape index (κ1) is 20.9. The van der Waals surface area contributed by atoms with E-state index in [9.17, 15) is 9.59 Å². The van der Waals surface area contributed by atoms with Crippen molar-refractivity contribution in [1.29, 1.82) is 0 Å². The number of ether oxygens (including phenoxy) is 3. The van der Waals surface area contributed by atoms with Gasteiger partial charge >= 0.3 is 5.97 Å². The van der Waals surface area contributed by atoms with Gasteiger partial charge in [0.1, 0.15) is 0 Å². The lowest BCUT2D eigenvalue weighted by Gasteiger charge is -2.15. The van der Waals surface area contributed by atoms with Crippen molar-refractivity contribution in [3.8, 4) is 11.5 Å². The van der Waals surface area contributed by atoms with Crippen LogP contribution in [0.4, 0.5) is 0 Å². The number of rotatable bonds is 7. The Morgan fingerprint density at radius 3 is 2.41 bits per heavy atom. The smallest absolute Gasteiger partial charge is 0.339 e. The fraction of sp³-hybridized carbons (Fsp3) is 0.263. The van der Waals surface area contributed by atoms with Crippen molar-refractivity contribution >= 4 is 35.1 Å². The van der Waals surface area contributed by atoms with Crippen molar-refractivity contribution < 1.29 is 23.8 Å². The molecule has 0 bridgehead atoms. The van der Waals surface area contributed by atoms with Gasteiger partial charge in [-0.15, -0.1) is 0 Å². The quantitative estimate of drug-likeness (QED) is 0.699. The van der Waals surface area contributed by atoms with E-state index in [4.69, 9.17) is 37.4 Å². The van der Waals surface area contributed by atoms with E-state index < -0.39 is 18.0 Å². The molecule has 144 valence electrons. The van der Waals surface area contributed by atoms with E-state index in [0.29, 0.717) is 10.8 Å². The highest BCUT2D eigenvalue weighted by molar-refractivity contribution is 6.32. The monoisotopic (exact) mass is 411 g/mol. The predicted octanol–water partition coefficient (Wildman–Crippen LogP) is 3.87. The van der Waals surface area contributed by atoms with Crippen LogP contribution in [0.15, 0.2) is 36.4 Å². The normalized spacial score (nSPS) is 11.4. The molecule has 0 fully saturated rings. The fourth-order valence-corrected chi connectivity index (χ4v) is 2.78. The first-order valence-corrected chi connectivity index (χ1v) is 8.76. The molecule has 0 heterocycles. The van der Waals surface area contributed by atoms with Crippen LogP contribution in [0, 0.1) is 0 Å². The first-order valence-electron chi connectivity index (χ1n) is 8.01. The molecule has 1 atom stereocenters. The van der Waals surface area contributed by atoms with Crippen LogP contribution in [0.25, 0.3) is 0 Å². The minimum absolute atomic E-state index is 0.142. The molecule has 0 saturated heterocycles. The minimum Gasteiger partial charge on any atom is -0.493 e. The third kappa shape index (κ3) is 5.28. The number of amides is 1. The summed E-state index contributed by atoms with van der Waals surface area (Å²) in [6.07, 6.45) is -1.01. The van der Waals surface area contributed by atoms with Crippen LogP contribution in [0.2, 0.25) is 10.0 Å². The zero-order chi connectivity index (χ0) is 20.0. The zero-order valence-corrected chi connectivity index (χ0v) is 16.6. The van der Waals surface area contributed by atoms with Crippen LogP contribution < -0.4 is 14.8 Å². The molecule has 6 nitrogen and oxygen atoms in total. The van der Waals surface area contributed by atoms with E-state index in [2.05, 4.69) is 5.32 Å². The van der Waals surface area contributed by atoms with E-state index in [0.717, 1.165) is 5.56 Å². The molecule has 0 unspecified atom stereocenters. The number of carbonyl (C=O) groups excluding carboxylic acids is 2. The maximum atomic E-state index is 12.3. The van der Waals surface area contributed by atoms with Crippen LogP contribution in [0.5, 0.6) is 11.5 Å². The highest BCUT2D eigenvalue weighted by Gasteiger charge is 2.21. The second-order valence-electron chi connectivity index (χ2n) is 5.55. The minimum atomic E-state index is -1.01. The summed E-state index contributed by atoms with van der Waals surface area (Å²) in [4.78, 5) is 24.5. The molecule has 0 aliphatic carbocycles. The van der Waals surface area contributed by atoms with Gasteiger partial charge in [0.25, 0.3) is 5.91 Å². The SMILES string of the molecule is COc1cc(C(=O)O[C@H](C)C(=O)NCc2ccccc2Cl)cc(Cl)c1OC. The van der Waals surface area contributed by atoms with Gasteiger partial charge in [0, 0.05) is 11.6 Å². The van der Waals surface area contributed by atoms with E-state index in [1.807, 2.05) is 6.07 Å². The van der Waals surface area contributed by atoms with Crippen molar-refractivity contribution in [1.82, 2.24) is 5.32 Å². The molecular formula is C19H19Cl2NO5. The molecule has 0 aliphatic rings. The summed E-state index contributed by atoms with van der Waals surface area (Å²) in [6.45, 7) is 1.70. The summed E-state index contributed by atoms with van der Waals surface area (Å²) in [5, 5.41) is 3.42. The number of methoxy groups -OCH3 is 2. The molecule has 0 aliphatic heterocycles. The van der Waals surface area contributed by atoms with Crippen molar-refractivity contribution in [3.63, 3.8) is 0 Å². The molecule has 0 spiro atoms. The molecule has 0 aromatic heterocycles. The maximum absolute atomic E-state index is 12.3. The van der Waals surface area contributed by atoms with Gasteiger partial charge < -0.3 is 19.5 Å². The molecule has 1 amide bonds. The molecule has 27 heavy (non-hydrogen) atoms. The third-order valence-electron chi connectivity index (χ3n) is 3.73. The average Bonchev–Trinajstić information content (AvgIpc) is 2.66. The van der Waals surface area contributed by atoms with Gasteiger partial charge in [-0.25, -0.2) is 4.79 Å². The molecular weight excluding hydrogens is 393 g/mol. The van der Waals surface area contributed by atoms with Crippen LogP contribution in [0.1, 0.15) is 22.8 Å². The lowest BCUT2D eigenvalue weighted by atomic mass is 10.2. The average molecular weight is 412 g/mol. The Labute approximate surface area is 167 Å². The van der Waals surface area contributed by atoms with Gasteiger partial charge in [0.15, 0.2) is 17.6 Å². The van der Waals surface area contributed by atoms with Crippen LogP contribution >= 0.6 is 23.2 Å². The highest BCUT2D eigenvalue weighted by Crippen LogP contribution is 2.36. The number of benzene rings is 2. The molecule has 1 N–H and O–H groups in total. The van der Waals surface area contributed by atoms with Gasteiger partial charge in [-0.05, 0) is 30.7 Å². The van der Waals surface area contributed by atoms with E-state index in [1.54, 1.807) is 18.2 Å². The van der Waals surface area contributed by atoms with E-state index >= 15 is 0 Å². The molecule has 0 saturated carbocycles. The van der Waals surface area contributed by atoms with Crippen LogP contribution in [-0.2, 0) is 16.1 Å². The van der Waals surface area contributed by atoms with Gasteiger partial charge in [-0.1, -0.05) is 41.4 Å². The summed E-state index contributed by atoms with van der Waals surface area (Å²) in [7, 11) is 2.86. The third-order valence-corrected chi connectivity index (χ3v) is 4.38. The summed E-state index contributed by atoms with van der Waals surface area (Å²) >= 11 is 12.1.